The molecular formula is C43H42O4P2. The molecule has 0 saturated heterocycles. The first kappa shape index (κ1) is 36.9. The van der Waals surface area contributed by atoms with Crippen LogP contribution in [0.2, 0.25) is 0 Å². The van der Waals surface area contributed by atoms with E-state index in [1.54, 1.807) is 0 Å². The molecule has 6 heteroatoms. The van der Waals surface area contributed by atoms with Crippen LogP contribution in [0.4, 0.5) is 0 Å². The van der Waals surface area contributed by atoms with Gasteiger partial charge < -0.3 is 19.8 Å². The van der Waals surface area contributed by atoms with E-state index in [1.165, 1.54) is 31.8 Å². The fourth-order valence-electron chi connectivity index (χ4n) is 5.37. The summed E-state index contributed by atoms with van der Waals surface area (Å²) in [5.74, 6) is -4.56. The van der Waals surface area contributed by atoms with E-state index in [-0.39, 0.29) is 6.42 Å². The summed E-state index contributed by atoms with van der Waals surface area (Å²) in [7, 11) is -1.75. The molecule has 0 aliphatic rings. The van der Waals surface area contributed by atoms with Gasteiger partial charge in [-0.2, -0.15) is 0 Å². The number of aliphatic carboxylic acids is 2. The van der Waals surface area contributed by atoms with Crippen LogP contribution in [0.5, 0.6) is 0 Å². The molecule has 248 valence electrons. The molecule has 6 aromatic rings. The van der Waals surface area contributed by atoms with Crippen molar-refractivity contribution in [2.45, 2.75) is 26.2 Å². The normalized spacial score (nSPS) is 10.4. The standard InChI is InChI=1S/2C18H15P.C7H12O4/c2*1-4-10-16(11-5-1)19(17-12-6-2-7-13-17)18-14-8-3-9-15-18;1-2-3-4-5(6(8)9)7(10)11/h2*1-15H;5H,2-4H2,1H3,(H,8,9)(H,10,11). The second kappa shape index (κ2) is 20.5. The third-order valence-electron chi connectivity index (χ3n) is 7.79. The van der Waals surface area contributed by atoms with E-state index in [4.69, 9.17) is 0 Å². The molecule has 0 spiro atoms. The van der Waals surface area contributed by atoms with Crippen molar-refractivity contribution in [1.82, 2.24) is 0 Å². The molecule has 0 unspecified atom stereocenters. The van der Waals surface area contributed by atoms with Crippen LogP contribution in [-0.2, 0) is 9.59 Å². The molecule has 0 aliphatic carbocycles. The maximum atomic E-state index is 10.1. The van der Waals surface area contributed by atoms with Gasteiger partial charge >= 0.3 is 0 Å². The van der Waals surface area contributed by atoms with Gasteiger partial charge in [-0.1, -0.05) is 129 Å². The van der Waals surface area contributed by atoms with Crippen LogP contribution in [0, 0.1) is 5.92 Å². The summed E-state index contributed by atoms with van der Waals surface area (Å²) in [5.41, 5.74) is 0. The van der Waals surface area contributed by atoms with E-state index in [1.807, 2.05) is 6.92 Å². The minimum Gasteiger partial charge on any atom is -0.549 e. The fraction of sp³-hybridized carbons (Fsp3) is 0.116. The SMILES string of the molecule is CCCCC(C(=O)[O-])C(=O)[O-].c1ccc([PH+](c2ccccc2)c2ccccc2)cc1.c1ccc([PH+](c2ccccc2)c2ccccc2)cc1. The molecule has 0 radical (unpaired) electrons. The van der Waals surface area contributed by atoms with Crippen molar-refractivity contribution in [1.29, 1.82) is 0 Å². The van der Waals surface area contributed by atoms with Crippen LogP contribution in [0.15, 0.2) is 182 Å². The molecule has 4 nitrogen and oxygen atoms in total. The van der Waals surface area contributed by atoms with Crippen LogP contribution in [0.25, 0.3) is 0 Å². The predicted molar refractivity (Wildman–Crippen MR) is 206 cm³/mol. The Morgan fingerprint density at radius 3 is 0.796 bits per heavy atom. The zero-order chi connectivity index (χ0) is 34.7. The molecule has 0 atom stereocenters. The number of carboxylic acids is 2. The first-order valence-corrected chi connectivity index (χ1v) is 19.5. The summed E-state index contributed by atoms with van der Waals surface area (Å²) >= 11 is 0. The first-order valence-electron chi connectivity index (χ1n) is 16.5. The highest BCUT2D eigenvalue weighted by molar-refractivity contribution is 7.80. The monoisotopic (exact) mass is 684 g/mol. The number of unbranched alkanes of at least 4 members (excludes halogenated alkanes) is 1. The zero-order valence-corrected chi connectivity index (χ0v) is 29.7. The summed E-state index contributed by atoms with van der Waals surface area (Å²) < 4.78 is 0. The van der Waals surface area contributed by atoms with Gasteiger partial charge in [0, 0.05) is 5.92 Å². The van der Waals surface area contributed by atoms with Crippen LogP contribution in [-0.4, -0.2) is 11.9 Å². The highest BCUT2D eigenvalue weighted by Crippen LogP contribution is 2.33. The van der Waals surface area contributed by atoms with Crippen molar-refractivity contribution in [3.8, 4) is 0 Å². The Kier molecular flexibility index (Phi) is 15.4. The van der Waals surface area contributed by atoms with Crippen LogP contribution < -0.4 is 42.0 Å². The number of hydrogen-bond acceptors (Lipinski definition) is 4. The lowest BCUT2D eigenvalue weighted by Crippen LogP contribution is -2.43. The van der Waals surface area contributed by atoms with Gasteiger partial charge in [0.15, 0.2) is 0 Å². The molecular weight excluding hydrogens is 642 g/mol. The average Bonchev–Trinajstić information content (AvgIpc) is 3.15. The molecule has 0 fully saturated rings. The summed E-state index contributed by atoms with van der Waals surface area (Å²) in [6.07, 6.45) is 1.42. The average molecular weight is 685 g/mol. The van der Waals surface area contributed by atoms with Crippen LogP contribution in [0.3, 0.4) is 0 Å². The van der Waals surface area contributed by atoms with Gasteiger partial charge in [0.2, 0.25) is 0 Å². The number of hydrogen-bond donors (Lipinski definition) is 0. The topological polar surface area (TPSA) is 80.3 Å². The highest BCUT2D eigenvalue weighted by Gasteiger charge is 2.25. The molecule has 49 heavy (non-hydrogen) atoms. The van der Waals surface area contributed by atoms with E-state index >= 15 is 0 Å². The molecule has 6 rings (SSSR count). The lowest BCUT2D eigenvalue weighted by molar-refractivity contribution is -0.332. The third-order valence-corrected chi connectivity index (χ3v) is 13.3. The Balaban J connectivity index is 0.000000173. The quantitative estimate of drug-likeness (QED) is 0.147. The van der Waals surface area contributed by atoms with E-state index in [0.29, 0.717) is 6.42 Å². The van der Waals surface area contributed by atoms with Gasteiger partial charge in [0.05, 0.1) is 27.8 Å². The van der Waals surface area contributed by atoms with Gasteiger partial charge in [-0.25, -0.2) is 0 Å². The zero-order valence-electron chi connectivity index (χ0n) is 27.7. The molecule has 6 aromatic carbocycles. The van der Waals surface area contributed by atoms with Crippen LogP contribution in [0.1, 0.15) is 26.2 Å². The van der Waals surface area contributed by atoms with Crippen LogP contribution >= 0.6 is 15.8 Å². The Bertz CT molecular complexity index is 1470. The molecule has 0 heterocycles. The first-order chi connectivity index (χ1) is 24.0. The number of carbonyl (C=O) groups excluding carboxylic acids is 2. The molecule has 0 saturated carbocycles. The Labute approximate surface area is 292 Å². The van der Waals surface area contributed by atoms with Crippen molar-refractivity contribution >= 4 is 59.6 Å². The molecule has 0 bridgehead atoms. The number of carboxylic acid groups (broad SMARTS) is 2. The van der Waals surface area contributed by atoms with E-state index in [2.05, 4.69) is 182 Å². The van der Waals surface area contributed by atoms with Gasteiger partial charge in [-0.05, 0) is 79.2 Å². The van der Waals surface area contributed by atoms with Crippen molar-refractivity contribution in [3.63, 3.8) is 0 Å². The van der Waals surface area contributed by atoms with Gasteiger partial charge in [-0.15, -0.1) is 0 Å². The summed E-state index contributed by atoms with van der Waals surface area (Å²) in [6, 6.07) is 65.0. The Hall–Kier alpha value is -4.88. The molecule has 0 aromatic heterocycles. The minimum atomic E-state index is -1.56. The third kappa shape index (κ3) is 11.6. The maximum absolute atomic E-state index is 10.1. The second-order valence-electron chi connectivity index (χ2n) is 11.3. The molecule has 0 amide bonds. The van der Waals surface area contributed by atoms with E-state index in [0.717, 1.165) is 6.42 Å². The van der Waals surface area contributed by atoms with Gasteiger partial charge in [0.25, 0.3) is 0 Å². The maximum Gasteiger partial charge on any atom is 0.102 e. The largest absolute Gasteiger partial charge is 0.549 e. The number of benzene rings is 6. The summed E-state index contributed by atoms with van der Waals surface area (Å²) in [5, 5.41) is 28.8. The fourth-order valence-corrected chi connectivity index (χ4v) is 10.5. The highest BCUT2D eigenvalue weighted by atomic mass is 31.1. The lowest BCUT2D eigenvalue weighted by Gasteiger charge is -2.17. The van der Waals surface area contributed by atoms with E-state index in [9.17, 15) is 19.8 Å². The Morgan fingerprint density at radius 2 is 0.633 bits per heavy atom. The van der Waals surface area contributed by atoms with Crippen molar-refractivity contribution < 1.29 is 19.8 Å². The molecule has 0 N–H and O–H groups in total. The Morgan fingerprint density at radius 1 is 0.429 bits per heavy atom. The number of rotatable bonds is 11. The summed E-state index contributed by atoms with van der Waals surface area (Å²) in [4.78, 5) is 20.2. The second-order valence-corrected chi connectivity index (χ2v) is 16.2. The van der Waals surface area contributed by atoms with E-state index < -0.39 is 33.7 Å². The predicted octanol–water partition coefficient (Wildman–Crippen LogP) is 4.65. The van der Waals surface area contributed by atoms with Gasteiger partial charge in [-0.3, -0.25) is 0 Å². The smallest absolute Gasteiger partial charge is 0.102 e. The molecule has 0 aliphatic heterocycles. The minimum absolute atomic E-state index is 0.0984. The van der Waals surface area contributed by atoms with Crippen molar-refractivity contribution in [2.75, 3.05) is 0 Å². The number of carbonyl (C=O) groups is 2. The van der Waals surface area contributed by atoms with Gasteiger partial charge in [0.1, 0.15) is 31.8 Å². The van der Waals surface area contributed by atoms with Crippen molar-refractivity contribution in [2.24, 2.45) is 5.92 Å². The van der Waals surface area contributed by atoms with Crippen molar-refractivity contribution in [3.05, 3.63) is 182 Å². The lowest BCUT2D eigenvalue weighted by atomic mass is 10.0. The summed E-state index contributed by atoms with van der Waals surface area (Å²) in [6.45, 7) is 1.85.